The number of aliphatic imine (C=N–C) groups is 1. The normalized spacial score (nSPS) is 12.3. The second-order valence-corrected chi connectivity index (χ2v) is 5.66. The summed E-state index contributed by atoms with van der Waals surface area (Å²) in [4.78, 5) is 4.07. The largest absolute Gasteiger partial charge is 0.370 e. The van der Waals surface area contributed by atoms with E-state index in [1.807, 2.05) is 0 Å². The SMILES string of the molecule is CCCCCCCC(CCCC)CCCN=C(N)N. The fraction of sp³-hybridized carbons (Fsp3) is 0.938. The van der Waals surface area contributed by atoms with Crippen LogP contribution in [0.15, 0.2) is 4.99 Å². The smallest absolute Gasteiger partial charge is 0.185 e. The van der Waals surface area contributed by atoms with Crippen molar-refractivity contribution in [3.05, 3.63) is 0 Å². The zero-order valence-corrected chi connectivity index (χ0v) is 13.2. The van der Waals surface area contributed by atoms with E-state index in [4.69, 9.17) is 11.5 Å². The molecule has 0 rings (SSSR count). The van der Waals surface area contributed by atoms with Gasteiger partial charge in [0.25, 0.3) is 0 Å². The van der Waals surface area contributed by atoms with Crippen LogP contribution in [0.2, 0.25) is 0 Å². The van der Waals surface area contributed by atoms with E-state index in [2.05, 4.69) is 18.8 Å². The van der Waals surface area contributed by atoms with Crippen molar-refractivity contribution in [2.75, 3.05) is 6.54 Å². The third-order valence-electron chi connectivity index (χ3n) is 3.75. The first-order valence-corrected chi connectivity index (χ1v) is 8.26. The van der Waals surface area contributed by atoms with Gasteiger partial charge in [-0.15, -0.1) is 0 Å². The standard InChI is InChI=1S/C16H35N3/c1-3-5-7-8-9-12-15(11-6-4-2)13-10-14-19-16(17)18/h15H,3-14H2,1-2H3,(H4,17,18,19). The van der Waals surface area contributed by atoms with Crippen molar-refractivity contribution < 1.29 is 0 Å². The third kappa shape index (κ3) is 13.5. The van der Waals surface area contributed by atoms with Gasteiger partial charge in [-0.2, -0.15) is 0 Å². The van der Waals surface area contributed by atoms with Gasteiger partial charge in [0.1, 0.15) is 0 Å². The van der Waals surface area contributed by atoms with Gasteiger partial charge >= 0.3 is 0 Å². The van der Waals surface area contributed by atoms with E-state index in [1.54, 1.807) is 0 Å². The average Bonchev–Trinajstić information content (AvgIpc) is 2.39. The number of nitrogens with zero attached hydrogens (tertiary/aromatic N) is 1. The van der Waals surface area contributed by atoms with Gasteiger partial charge in [-0.1, -0.05) is 71.6 Å². The number of unbranched alkanes of at least 4 members (excludes halogenated alkanes) is 5. The van der Waals surface area contributed by atoms with E-state index in [0.717, 1.165) is 18.9 Å². The summed E-state index contributed by atoms with van der Waals surface area (Å²) in [6, 6.07) is 0. The Bertz CT molecular complexity index is 210. The monoisotopic (exact) mass is 269 g/mol. The Balaban J connectivity index is 3.71. The van der Waals surface area contributed by atoms with Crippen molar-refractivity contribution in [1.82, 2.24) is 0 Å². The van der Waals surface area contributed by atoms with Crippen LogP contribution in [0.5, 0.6) is 0 Å². The molecule has 0 saturated heterocycles. The van der Waals surface area contributed by atoms with Crippen LogP contribution in [0.25, 0.3) is 0 Å². The molecule has 3 nitrogen and oxygen atoms in total. The van der Waals surface area contributed by atoms with Gasteiger partial charge in [0.05, 0.1) is 0 Å². The van der Waals surface area contributed by atoms with E-state index in [1.165, 1.54) is 64.2 Å². The molecule has 0 spiro atoms. The average molecular weight is 269 g/mol. The summed E-state index contributed by atoms with van der Waals surface area (Å²) in [5.41, 5.74) is 10.7. The lowest BCUT2D eigenvalue weighted by Crippen LogP contribution is -2.23. The van der Waals surface area contributed by atoms with Crippen LogP contribution in [0.4, 0.5) is 0 Å². The molecule has 0 fully saturated rings. The Morgan fingerprint density at radius 2 is 1.37 bits per heavy atom. The minimum atomic E-state index is 0.227. The molecule has 1 atom stereocenters. The molecule has 114 valence electrons. The highest BCUT2D eigenvalue weighted by Gasteiger charge is 2.07. The molecule has 0 aromatic carbocycles. The van der Waals surface area contributed by atoms with E-state index >= 15 is 0 Å². The van der Waals surface area contributed by atoms with Crippen molar-refractivity contribution in [3.63, 3.8) is 0 Å². The summed E-state index contributed by atoms with van der Waals surface area (Å²) in [5.74, 6) is 1.11. The molecule has 0 bridgehead atoms. The van der Waals surface area contributed by atoms with Gasteiger partial charge in [-0.3, -0.25) is 4.99 Å². The molecule has 0 aliphatic carbocycles. The maximum atomic E-state index is 5.34. The van der Waals surface area contributed by atoms with Crippen molar-refractivity contribution in [3.8, 4) is 0 Å². The molecule has 4 N–H and O–H groups in total. The third-order valence-corrected chi connectivity index (χ3v) is 3.75. The van der Waals surface area contributed by atoms with Crippen LogP contribution < -0.4 is 11.5 Å². The number of guanidine groups is 1. The second-order valence-electron chi connectivity index (χ2n) is 5.66. The summed E-state index contributed by atoms with van der Waals surface area (Å²) in [6.45, 7) is 5.34. The Labute approximate surface area is 120 Å². The lowest BCUT2D eigenvalue weighted by Gasteiger charge is -2.16. The summed E-state index contributed by atoms with van der Waals surface area (Å²) >= 11 is 0. The molecule has 0 aromatic rings. The maximum absolute atomic E-state index is 5.34. The highest BCUT2D eigenvalue weighted by atomic mass is 15.0. The fourth-order valence-corrected chi connectivity index (χ4v) is 2.55. The van der Waals surface area contributed by atoms with E-state index in [9.17, 15) is 0 Å². The molecule has 0 aromatic heterocycles. The molecular formula is C16H35N3. The highest BCUT2D eigenvalue weighted by molar-refractivity contribution is 5.75. The van der Waals surface area contributed by atoms with Gasteiger partial charge < -0.3 is 11.5 Å². The molecule has 0 aliphatic heterocycles. The van der Waals surface area contributed by atoms with Gasteiger partial charge in [-0.25, -0.2) is 0 Å². The van der Waals surface area contributed by atoms with Crippen LogP contribution in [0.1, 0.15) is 84.5 Å². The van der Waals surface area contributed by atoms with E-state index < -0.39 is 0 Å². The first-order valence-electron chi connectivity index (χ1n) is 8.26. The highest BCUT2D eigenvalue weighted by Crippen LogP contribution is 2.22. The molecule has 1 unspecified atom stereocenters. The summed E-state index contributed by atoms with van der Waals surface area (Å²) < 4.78 is 0. The summed E-state index contributed by atoms with van der Waals surface area (Å²) in [7, 11) is 0. The second kappa shape index (κ2) is 13.7. The van der Waals surface area contributed by atoms with Crippen molar-refractivity contribution in [1.29, 1.82) is 0 Å². The van der Waals surface area contributed by atoms with Crippen molar-refractivity contribution >= 4 is 5.96 Å². The van der Waals surface area contributed by atoms with Crippen LogP contribution in [0, 0.1) is 5.92 Å². The first kappa shape index (κ1) is 18.3. The van der Waals surface area contributed by atoms with Crippen LogP contribution in [-0.2, 0) is 0 Å². The number of nitrogens with two attached hydrogens (primary N) is 2. The molecule has 19 heavy (non-hydrogen) atoms. The lowest BCUT2D eigenvalue weighted by molar-refractivity contribution is 0.380. The van der Waals surface area contributed by atoms with Crippen LogP contribution >= 0.6 is 0 Å². The fourth-order valence-electron chi connectivity index (χ4n) is 2.55. The topological polar surface area (TPSA) is 64.4 Å². The van der Waals surface area contributed by atoms with Crippen LogP contribution in [-0.4, -0.2) is 12.5 Å². The Morgan fingerprint density at radius 3 is 2.00 bits per heavy atom. The van der Waals surface area contributed by atoms with Gasteiger partial charge in [-0.05, 0) is 18.8 Å². The van der Waals surface area contributed by atoms with Gasteiger partial charge in [0, 0.05) is 6.54 Å². The zero-order valence-electron chi connectivity index (χ0n) is 13.2. The molecule has 0 radical (unpaired) electrons. The lowest BCUT2D eigenvalue weighted by atomic mass is 9.91. The Hall–Kier alpha value is -0.730. The number of hydrogen-bond acceptors (Lipinski definition) is 1. The zero-order chi connectivity index (χ0) is 14.3. The van der Waals surface area contributed by atoms with E-state index in [0.29, 0.717) is 0 Å². The molecular weight excluding hydrogens is 234 g/mol. The predicted molar refractivity (Wildman–Crippen MR) is 86.3 cm³/mol. The van der Waals surface area contributed by atoms with Crippen LogP contribution in [0.3, 0.4) is 0 Å². The molecule has 0 amide bonds. The summed E-state index contributed by atoms with van der Waals surface area (Å²) in [5, 5.41) is 0. The van der Waals surface area contributed by atoms with Gasteiger partial charge in [0.15, 0.2) is 5.96 Å². The predicted octanol–water partition coefficient (Wildman–Crippen LogP) is 4.21. The molecule has 3 heteroatoms. The van der Waals surface area contributed by atoms with Gasteiger partial charge in [0.2, 0.25) is 0 Å². The first-order chi connectivity index (χ1) is 9.20. The molecule has 0 heterocycles. The Kier molecular flexibility index (Phi) is 13.2. The van der Waals surface area contributed by atoms with Crippen molar-refractivity contribution in [2.24, 2.45) is 22.4 Å². The number of hydrogen-bond donors (Lipinski definition) is 2. The molecule has 0 saturated carbocycles. The maximum Gasteiger partial charge on any atom is 0.185 e. The Morgan fingerprint density at radius 1 is 0.789 bits per heavy atom. The van der Waals surface area contributed by atoms with Crippen molar-refractivity contribution in [2.45, 2.75) is 84.5 Å². The molecule has 0 aliphatic rings. The minimum Gasteiger partial charge on any atom is -0.370 e. The minimum absolute atomic E-state index is 0.227. The quantitative estimate of drug-likeness (QED) is 0.299. The number of rotatable bonds is 13. The summed E-state index contributed by atoms with van der Waals surface area (Å²) in [6.07, 6.45) is 14.8. The van der Waals surface area contributed by atoms with E-state index in [-0.39, 0.29) is 5.96 Å².